The van der Waals surface area contributed by atoms with E-state index in [9.17, 15) is 4.79 Å². The van der Waals surface area contributed by atoms with E-state index in [1.54, 1.807) is 6.07 Å². The lowest BCUT2D eigenvalue weighted by atomic mass is 10.3. The van der Waals surface area contributed by atoms with E-state index in [-0.39, 0.29) is 5.56 Å². The molecule has 5 heteroatoms. The number of halogens is 1. The summed E-state index contributed by atoms with van der Waals surface area (Å²) in [4.78, 5) is 16.0. The molecule has 0 saturated carbocycles. The van der Waals surface area contributed by atoms with Gasteiger partial charge in [0, 0.05) is 15.6 Å². The SMILES string of the molecule is O=C(O)c1ccnc(Sc2ccccc2Br)c1. The number of hydrogen-bond acceptors (Lipinski definition) is 3. The highest BCUT2D eigenvalue weighted by molar-refractivity contribution is 9.10. The highest BCUT2D eigenvalue weighted by Crippen LogP contribution is 2.32. The monoisotopic (exact) mass is 309 g/mol. The minimum atomic E-state index is -0.943. The van der Waals surface area contributed by atoms with Crippen molar-refractivity contribution in [1.82, 2.24) is 4.98 Å². The van der Waals surface area contributed by atoms with Crippen molar-refractivity contribution >= 4 is 33.7 Å². The van der Waals surface area contributed by atoms with Gasteiger partial charge in [-0.05, 0) is 40.2 Å². The number of nitrogens with zero attached hydrogens (tertiary/aromatic N) is 1. The van der Waals surface area contributed by atoms with E-state index < -0.39 is 5.97 Å². The van der Waals surface area contributed by atoms with Crippen molar-refractivity contribution in [3.8, 4) is 0 Å². The summed E-state index contributed by atoms with van der Waals surface area (Å²) in [5, 5.41) is 9.55. The summed E-state index contributed by atoms with van der Waals surface area (Å²) < 4.78 is 0.965. The van der Waals surface area contributed by atoms with Gasteiger partial charge in [0.1, 0.15) is 5.03 Å². The number of carbonyl (C=O) groups is 1. The van der Waals surface area contributed by atoms with E-state index in [4.69, 9.17) is 5.11 Å². The number of hydrogen-bond donors (Lipinski definition) is 1. The zero-order valence-electron chi connectivity index (χ0n) is 8.63. The maximum Gasteiger partial charge on any atom is 0.335 e. The molecule has 0 aliphatic heterocycles. The van der Waals surface area contributed by atoms with Gasteiger partial charge in [-0.15, -0.1) is 0 Å². The molecule has 1 aromatic heterocycles. The molecular formula is C12H8BrNO2S. The maximum atomic E-state index is 10.8. The summed E-state index contributed by atoms with van der Waals surface area (Å²) >= 11 is 4.86. The van der Waals surface area contributed by atoms with Crippen molar-refractivity contribution in [2.45, 2.75) is 9.92 Å². The second-order valence-electron chi connectivity index (χ2n) is 3.22. The average Bonchev–Trinajstić information content (AvgIpc) is 2.32. The van der Waals surface area contributed by atoms with Crippen LogP contribution >= 0.6 is 27.7 Å². The predicted octanol–water partition coefficient (Wildman–Crippen LogP) is 3.69. The fourth-order valence-corrected chi connectivity index (χ4v) is 2.60. The molecule has 0 atom stereocenters. The average molecular weight is 310 g/mol. The molecule has 0 fully saturated rings. The van der Waals surface area contributed by atoms with Gasteiger partial charge in [-0.1, -0.05) is 23.9 Å². The van der Waals surface area contributed by atoms with Gasteiger partial charge in [0.05, 0.1) is 5.56 Å². The smallest absolute Gasteiger partial charge is 0.335 e. The quantitative estimate of drug-likeness (QED) is 0.939. The van der Waals surface area contributed by atoms with Gasteiger partial charge in [-0.2, -0.15) is 0 Å². The molecule has 1 N–H and O–H groups in total. The van der Waals surface area contributed by atoms with Crippen LogP contribution in [0.15, 0.2) is 57.0 Å². The lowest BCUT2D eigenvalue weighted by molar-refractivity contribution is 0.0696. The van der Waals surface area contributed by atoms with Gasteiger partial charge < -0.3 is 5.11 Å². The summed E-state index contributed by atoms with van der Waals surface area (Å²) in [6, 6.07) is 10.8. The summed E-state index contributed by atoms with van der Waals surface area (Å²) in [5.74, 6) is -0.943. The lowest BCUT2D eigenvalue weighted by Gasteiger charge is -2.03. The zero-order valence-corrected chi connectivity index (χ0v) is 11.0. The largest absolute Gasteiger partial charge is 0.478 e. The Hall–Kier alpha value is -1.33. The van der Waals surface area contributed by atoms with Crippen LogP contribution in [0, 0.1) is 0 Å². The second-order valence-corrected chi connectivity index (χ2v) is 5.14. The zero-order chi connectivity index (χ0) is 12.3. The summed E-state index contributed by atoms with van der Waals surface area (Å²) in [7, 11) is 0. The van der Waals surface area contributed by atoms with E-state index in [0.717, 1.165) is 9.37 Å². The van der Waals surface area contributed by atoms with Crippen molar-refractivity contribution in [1.29, 1.82) is 0 Å². The molecule has 17 heavy (non-hydrogen) atoms. The highest BCUT2D eigenvalue weighted by atomic mass is 79.9. The molecule has 1 aromatic carbocycles. The molecule has 2 rings (SSSR count). The number of aromatic nitrogens is 1. The van der Waals surface area contributed by atoms with E-state index in [0.29, 0.717) is 5.03 Å². The molecule has 0 radical (unpaired) electrons. The Bertz CT molecular complexity index is 560. The van der Waals surface area contributed by atoms with Gasteiger partial charge in [0.15, 0.2) is 0 Å². The van der Waals surface area contributed by atoms with Crippen molar-refractivity contribution in [3.05, 3.63) is 52.6 Å². The molecule has 0 aliphatic rings. The minimum absolute atomic E-state index is 0.245. The molecule has 0 unspecified atom stereocenters. The molecule has 0 aliphatic carbocycles. The van der Waals surface area contributed by atoms with Crippen LogP contribution in [0.25, 0.3) is 0 Å². The second kappa shape index (κ2) is 5.33. The third kappa shape index (κ3) is 3.08. The lowest BCUT2D eigenvalue weighted by Crippen LogP contribution is -1.96. The van der Waals surface area contributed by atoms with Crippen LogP contribution in [-0.4, -0.2) is 16.1 Å². The van der Waals surface area contributed by atoms with Gasteiger partial charge in [0.25, 0.3) is 0 Å². The Balaban J connectivity index is 2.28. The van der Waals surface area contributed by atoms with E-state index in [1.165, 1.54) is 24.0 Å². The number of pyridine rings is 1. The van der Waals surface area contributed by atoms with Crippen LogP contribution in [0.5, 0.6) is 0 Å². The van der Waals surface area contributed by atoms with Crippen LogP contribution in [-0.2, 0) is 0 Å². The number of benzene rings is 1. The third-order valence-electron chi connectivity index (χ3n) is 2.03. The fraction of sp³-hybridized carbons (Fsp3) is 0. The molecule has 2 aromatic rings. The van der Waals surface area contributed by atoms with Crippen molar-refractivity contribution in [2.24, 2.45) is 0 Å². The first-order chi connectivity index (χ1) is 8.16. The Kier molecular flexibility index (Phi) is 3.81. The van der Waals surface area contributed by atoms with Gasteiger partial charge in [-0.25, -0.2) is 9.78 Å². The Morgan fingerprint density at radius 2 is 2.06 bits per heavy atom. The summed E-state index contributed by atoms with van der Waals surface area (Å²) in [6.07, 6.45) is 1.50. The topological polar surface area (TPSA) is 50.2 Å². The molecule has 0 amide bonds. The predicted molar refractivity (Wildman–Crippen MR) is 69.5 cm³/mol. The Morgan fingerprint density at radius 3 is 2.76 bits per heavy atom. The molecule has 86 valence electrons. The fourth-order valence-electron chi connectivity index (χ4n) is 1.24. The molecule has 0 bridgehead atoms. The van der Waals surface area contributed by atoms with Crippen molar-refractivity contribution in [3.63, 3.8) is 0 Å². The molecule has 0 saturated heterocycles. The van der Waals surface area contributed by atoms with Crippen molar-refractivity contribution < 1.29 is 9.90 Å². The van der Waals surface area contributed by atoms with Crippen molar-refractivity contribution in [2.75, 3.05) is 0 Å². The molecule has 0 spiro atoms. The van der Waals surface area contributed by atoms with E-state index in [2.05, 4.69) is 20.9 Å². The van der Waals surface area contributed by atoms with Gasteiger partial charge in [0.2, 0.25) is 0 Å². The third-order valence-corrected chi connectivity index (χ3v) is 4.00. The number of rotatable bonds is 3. The van der Waals surface area contributed by atoms with E-state index in [1.807, 2.05) is 24.3 Å². The van der Waals surface area contributed by atoms with Crippen LogP contribution in [0.1, 0.15) is 10.4 Å². The minimum Gasteiger partial charge on any atom is -0.478 e. The van der Waals surface area contributed by atoms with Crippen LogP contribution in [0.4, 0.5) is 0 Å². The number of aromatic carboxylic acids is 1. The van der Waals surface area contributed by atoms with Crippen LogP contribution in [0.3, 0.4) is 0 Å². The molecule has 1 heterocycles. The molecule has 3 nitrogen and oxygen atoms in total. The Morgan fingerprint density at radius 1 is 1.29 bits per heavy atom. The number of carboxylic acids is 1. The highest BCUT2D eigenvalue weighted by Gasteiger charge is 2.06. The normalized spacial score (nSPS) is 10.2. The van der Waals surface area contributed by atoms with Gasteiger partial charge in [-0.3, -0.25) is 0 Å². The first kappa shape index (κ1) is 12.1. The first-order valence-corrected chi connectivity index (χ1v) is 6.39. The Labute approximate surface area is 111 Å². The van der Waals surface area contributed by atoms with Gasteiger partial charge >= 0.3 is 5.97 Å². The standard InChI is InChI=1S/C12H8BrNO2S/c13-9-3-1-2-4-10(9)17-11-7-8(12(15)16)5-6-14-11/h1-7H,(H,15,16). The number of carboxylic acid groups (broad SMARTS) is 1. The van der Waals surface area contributed by atoms with Crippen LogP contribution in [0.2, 0.25) is 0 Å². The maximum absolute atomic E-state index is 10.8. The summed E-state index contributed by atoms with van der Waals surface area (Å²) in [5.41, 5.74) is 0.245. The first-order valence-electron chi connectivity index (χ1n) is 4.78. The summed E-state index contributed by atoms with van der Waals surface area (Å²) in [6.45, 7) is 0. The van der Waals surface area contributed by atoms with E-state index >= 15 is 0 Å². The molecular weight excluding hydrogens is 302 g/mol. The van der Waals surface area contributed by atoms with Crippen LogP contribution < -0.4 is 0 Å².